The quantitative estimate of drug-likeness (QED) is 0.339. The van der Waals surface area contributed by atoms with Gasteiger partial charge in [-0.3, -0.25) is 0 Å². The van der Waals surface area contributed by atoms with E-state index < -0.39 is 0 Å². The maximum Gasteiger partial charge on any atom is 0.170 e. The van der Waals surface area contributed by atoms with Gasteiger partial charge in [-0.05, 0) is 12.1 Å². The van der Waals surface area contributed by atoms with Crippen LogP contribution in [0.25, 0.3) is 11.3 Å². The molecule has 0 bridgehead atoms. The lowest BCUT2D eigenvalue weighted by atomic mass is 10.0. The minimum Gasteiger partial charge on any atom is -0.464 e. The molecule has 0 aliphatic heterocycles. The molecule has 0 saturated heterocycles. The summed E-state index contributed by atoms with van der Waals surface area (Å²) in [6.45, 7) is 0. The monoisotopic (exact) mass is 202 g/mol. The zero-order valence-electron chi connectivity index (χ0n) is 7.92. The predicted octanol–water partition coefficient (Wildman–Crippen LogP) is 2.04. The van der Waals surface area contributed by atoms with Crippen molar-refractivity contribution in [3.05, 3.63) is 48.2 Å². The van der Waals surface area contributed by atoms with Crippen molar-refractivity contribution in [2.24, 2.45) is 10.9 Å². The van der Waals surface area contributed by atoms with Crippen LogP contribution >= 0.6 is 0 Å². The fraction of sp³-hybridized carbons (Fsp3) is 0. The first-order chi connectivity index (χ1) is 7.33. The third-order valence-electron chi connectivity index (χ3n) is 2.10. The van der Waals surface area contributed by atoms with Crippen LogP contribution in [0.3, 0.4) is 0 Å². The number of hydrogen-bond acceptors (Lipinski definition) is 3. The molecule has 3 N–H and O–H groups in total. The minimum absolute atomic E-state index is 0.0713. The summed E-state index contributed by atoms with van der Waals surface area (Å²) in [5.74, 6) is 0.763. The smallest absolute Gasteiger partial charge is 0.170 e. The molecule has 2 rings (SSSR count). The second kappa shape index (κ2) is 3.88. The van der Waals surface area contributed by atoms with Gasteiger partial charge in [-0.15, -0.1) is 0 Å². The first kappa shape index (κ1) is 9.33. The Morgan fingerprint density at radius 1 is 1.20 bits per heavy atom. The molecule has 1 heterocycles. The van der Waals surface area contributed by atoms with Crippen LogP contribution in [-0.4, -0.2) is 11.0 Å². The van der Waals surface area contributed by atoms with E-state index in [-0.39, 0.29) is 5.84 Å². The SMILES string of the molecule is NC(=NO)c1ccccc1-c1ccco1. The van der Waals surface area contributed by atoms with Crippen molar-refractivity contribution in [3.63, 3.8) is 0 Å². The van der Waals surface area contributed by atoms with Gasteiger partial charge in [0, 0.05) is 11.1 Å². The highest BCUT2D eigenvalue weighted by molar-refractivity contribution is 6.02. The van der Waals surface area contributed by atoms with Crippen molar-refractivity contribution in [1.82, 2.24) is 0 Å². The van der Waals surface area contributed by atoms with Crippen LogP contribution in [0.4, 0.5) is 0 Å². The van der Waals surface area contributed by atoms with Gasteiger partial charge in [-0.1, -0.05) is 29.4 Å². The molecule has 2 aromatic rings. The second-order valence-electron chi connectivity index (χ2n) is 3.01. The number of rotatable bonds is 2. The highest BCUT2D eigenvalue weighted by atomic mass is 16.4. The summed E-state index contributed by atoms with van der Waals surface area (Å²) in [6.07, 6.45) is 1.58. The van der Waals surface area contributed by atoms with Crippen molar-refractivity contribution in [1.29, 1.82) is 0 Å². The van der Waals surface area contributed by atoms with E-state index in [9.17, 15) is 0 Å². The number of amidine groups is 1. The average Bonchev–Trinajstić information content (AvgIpc) is 2.81. The number of nitrogens with zero attached hydrogens (tertiary/aromatic N) is 1. The van der Waals surface area contributed by atoms with Crippen LogP contribution < -0.4 is 5.73 Å². The van der Waals surface area contributed by atoms with Gasteiger partial charge >= 0.3 is 0 Å². The highest BCUT2D eigenvalue weighted by Gasteiger charge is 2.09. The van der Waals surface area contributed by atoms with E-state index in [1.807, 2.05) is 24.3 Å². The normalized spacial score (nSPS) is 11.6. The van der Waals surface area contributed by atoms with Crippen molar-refractivity contribution in [2.75, 3.05) is 0 Å². The molecular formula is C11H10N2O2. The van der Waals surface area contributed by atoms with Crippen LogP contribution in [-0.2, 0) is 0 Å². The number of nitrogens with two attached hydrogens (primary N) is 1. The van der Waals surface area contributed by atoms with Crippen molar-refractivity contribution >= 4 is 5.84 Å². The van der Waals surface area contributed by atoms with Gasteiger partial charge in [-0.2, -0.15) is 0 Å². The molecule has 0 radical (unpaired) electrons. The molecule has 1 aromatic heterocycles. The Morgan fingerprint density at radius 2 is 2.00 bits per heavy atom. The van der Waals surface area contributed by atoms with Crippen LogP contribution in [0.5, 0.6) is 0 Å². The third-order valence-corrected chi connectivity index (χ3v) is 2.10. The Morgan fingerprint density at radius 3 is 2.67 bits per heavy atom. The molecule has 4 heteroatoms. The second-order valence-corrected chi connectivity index (χ2v) is 3.01. The molecule has 0 amide bonds. The summed E-state index contributed by atoms with van der Waals surface area (Å²) in [5.41, 5.74) is 7.01. The van der Waals surface area contributed by atoms with Crippen molar-refractivity contribution in [3.8, 4) is 11.3 Å². The Bertz CT molecular complexity index is 475. The van der Waals surface area contributed by atoms with Gasteiger partial charge in [-0.25, -0.2) is 0 Å². The zero-order valence-corrected chi connectivity index (χ0v) is 7.92. The maximum absolute atomic E-state index is 8.64. The number of benzene rings is 1. The van der Waals surface area contributed by atoms with Crippen molar-refractivity contribution < 1.29 is 9.62 Å². The Kier molecular flexibility index (Phi) is 2.41. The molecule has 0 atom stereocenters. The predicted molar refractivity (Wildman–Crippen MR) is 56.7 cm³/mol. The maximum atomic E-state index is 8.64. The fourth-order valence-electron chi connectivity index (χ4n) is 1.41. The van der Waals surface area contributed by atoms with Crippen LogP contribution in [0.1, 0.15) is 5.56 Å². The average molecular weight is 202 g/mol. The van der Waals surface area contributed by atoms with Gasteiger partial charge in [0.05, 0.1) is 6.26 Å². The molecular weight excluding hydrogens is 192 g/mol. The van der Waals surface area contributed by atoms with Gasteiger partial charge in [0.25, 0.3) is 0 Å². The number of hydrogen-bond donors (Lipinski definition) is 2. The van der Waals surface area contributed by atoms with Gasteiger partial charge in [0.2, 0.25) is 0 Å². The molecule has 1 aromatic carbocycles. The lowest BCUT2D eigenvalue weighted by molar-refractivity contribution is 0.318. The van der Waals surface area contributed by atoms with E-state index in [1.165, 1.54) is 0 Å². The first-order valence-corrected chi connectivity index (χ1v) is 4.43. The molecule has 76 valence electrons. The van der Waals surface area contributed by atoms with E-state index in [0.29, 0.717) is 11.3 Å². The topological polar surface area (TPSA) is 71.8 Å². The Balaban J connectivity index is 2.57. The number of furan rings is 1. The van der Waals surface area contributed by atoms with Gasteiger partial charge in [0.15, 0.2) is 5.84 Å². The molecule has 0 aliphatic carbocycles. The molecule has 0 aliphatic rings. The lowest BCUT2D eigenvalue weighted by Crippen LogP contribution is -2.14. The van der Waals surface area contributed by atoms with E-state index >= 15 is 0 Å². The zero-order chi connectivity index (χ0) is 10.7. The Hall–Kier alpha value is -2.23. The van der Waals surface area contributed by atoms with Crippen molar-refractivity contribution in [2.45, 2.75) is 0 Å². The molecule has 0 fully saturated rings. The molecule has 0 spiro atoms. The number of oxime groups is 1. The lowest BCUT2D eigenvalue weighted by Gasteiger charge is -2.04. The first-order valence-electron chi connectivity index (χ1n) is 4.43. The highest BCUT2D eigenvalue weighted by Crippen LogP contribution is 2.23. The van der Waals surface area contributed by atoms with Gasteiger partial charge in [0.1, 0.15) is 5.76 Å². The standard InChI is InChI=1S/C11H10N2O2/c12-11(13-14)9-5-2-1-4-8(9)10-6-3-7-15-10/h1-7,14H,(H2,12,13). The molecule has 15 heavy (non-hydrogen) atoms. The summed E-state index contributed by atoms with van der Waals surface area (Å²) >= 11 is 0. The molecule has 4 nitrogen and oxygen atoms in total. The third kappa shape index (κ3) is 1.69. The van der Waals surface area contributed by atoms with E-state index in [1.54, 1.807) is 18.4 Å². The molecule has 0 unspecified atom stereocenters. The van der Waals surface area contributed by atoms with Crippen LogP contribution in [0.15, 0.2) is 52.2 Å². The summed E-state index contributed by atoms with van der Waals surface area (Å²) in [7, 11) is 0. The van der Waals surface area contributed by atoms with E-state index in [4.69, 9.17) is 15.4 Å². The summed E-state index contributed by atoms with van der Waals surface area (Å²) < 4.78 is 5.26. The van der Waals surface area contributed by atoms with E-state index in [2.05, 4.69) is 5.16 Å². The van der Waals surface area contributed by atoms with E-state index in [0.717, 1.165) is 5.56 Å². The molecule has 0 saturated carbocycles. The minimum atomic E-state index is 0.0713. The largest absolute Gasteiger partial charge is 0.464 e. The summed E-state index contributed by atoms with van der Waals surface area (Å²) in [6, 6.07) is 10.9. The van der Waals surface area contributed by atoms with Gasteiger partial charge < -0.3 is 15.4 Å². The fourth-order valence-corrected chi connectivity index (χ4v) is 1.41. The summed E-state index contributed by atoms with van der Waals surface area (Å²) in [5, 5.41) is 11.6. The summed E-state index contributed by atoms with van der Waals surface area (Å²) in [4.78, 5) is 0. The van der Waals surface area contributed by atoms with Crippen LogP contribution in [0.2, 0.25) is 0 Å². The van der Waals surface area contributed by atoms with Crippen LogP contribution in [0, 0.1) is 0 Å². The Labute approximate surface area is 86.6 Å².